The van der Waals surface area contributed by atoms with Gasteiger partial charge < -0.3 is 9.64 Å². The van der Waals surface area contributed by atoms with E-state index in [0.717, 1.165) is 24.2 Å². The fourth-order valence-corrected chi connectivity index (χ4v) is 3.49. The quantitative estimate of drug-likeness (QED) is 0.811. The lowest BCUT2D eigenvalue weighted by Crippen LogP contribution is -2.40. The minimum atomic E-state index is -0.0217. The second-order valence-electron chi connectivity index (χ2n) is 6.00. The molecule has 2 heterocycles. The molecule has 2 aliphatic rings. The molecule has 2 aromatic rings. The third-order valence-corrected chi connectivity index (χ3v) is 4.60. The van der Waals surface area contributed by atoms with Crippen molar-refractivity contribution in [1.29, 1.82) is 0 Å². The van der Waals surface area contributed by atoms with Gasteiger partial charge in [0.1, 0.15) is 6.10 Å². The lowest BCUT2D eigenvalue weighted by atomic mass is 9.96. The summed E-state index contributed by atoms with van der Waals surface area (Å²) < 4.78 is 5.50. The van der Waals surface area contributed by atoms with Gasteiger partial charge in [-0.3, -0.25) is 4.79 Å². The minimum absolute atomic E-state index is 0.0217. The molecule has 3 heteroatoms. The SMILES string of the molecule is O=C1CC[C@H](C2CO2)N1C(c1ccccc1)c1ccccc1. The lowest BCUT2D eigenvalue weighted by Gasteiger charge is -2.33. The van der Waals surface area contributed by atoms with Crippen LogP contribution in [0.25, 0.3) is 0 Å². The standard InChI is InChI=1S/C19H19NO2/c21-18-12-11-16(17-13-22-17)20(18)19(14-7-3-1-4-8-14)15-9-5-2-6-10-15/h1-10,16-17,19H,11-13H2/t16-,17?/m1/s1. The molecule has 2 saturated heterocycles. The van der Waals surface area contributed by atoms with E-state index in [2.05, 4.69) is 29.2 Å². The average Bonchev–Trinajstić information content (AvgIpc) is 3.35. The van der Waals surface area contributed by atoms with Crippen LogP contribution >= 0.6 is 0 Å². The summed E-state index contributed by atoms with van der Waals surface area (Å²) >= 11 is 0. The van der Waals surface area contributed by atoms with Crippen LogP contribution in [0, 0.1) is 0 Å². The number of hydrogen-bond donors (Lipinski definition) is 0. The van der Waals surface area contributed by atoms with Gasteiger partial charge in [0.25, 0.3) is 0 Å². The zero-order chi connectivity index (χ0) is 14.9. The van der Waals surface area contributed by atoms with Gasteiger partial charge in [0.2, 0.25) is 5.91 Å². The number of likely N-dealkylation sites (tertiary alicyclic amines) is 1. The summed E-state index contributed by atoms with van der Waals surface area (Å²) in [5.41, 5.74) is 2.32. The van der Waals surface area contributed by atoms with E-state index in [0.29, 0.717) is 6.42 Å². The van der Waals surface area contributed by atoms with Crippen molar-refractivity contribution in [2.45, 2.75) is 31.0 Å². The van der Waals surface area contributed by atoms with Gasteiger partial charge >= 0.3 is 0 Å². The summed E-state index contributed by atoms with van der Waals surface area (Å²) in [7, 11) is 0. The molecule has 112 valence electrons. The van der Waals surface area contributed by atoms with Crippen molar-refractivity contribution in [3.63, 3.8) is 0 Å². The van der Waals surface area contributed by atoms with E-state index in [1.807, 2.05) is 36.4 Å². The number of carbonyl (C=O) groups excluding carboxylic acids is 1. The van der Waals surface area contributed by atoms with Crippen molar-refractivity contribution >= 4 is 5.91 Å². The number of hydrogen-bond acceptors (Lipinski definition) is 2. The molecule has 0 spiro atoms. The molecule has 0 saturated carbocycles. The second-order valence-corrected chi connectivity index (χ2v) is 6.00. The summed E-state index contributed by atoms with van der Waals surface area (Å²) in [6, 6.07) is 20.8. The van der Waals surface area contributed by atoms with E-state index >= 15 is 0 Å². The predicted octanol–water partition coefficient (Wildman–Crippen LogP) is 3.17. The number of carbonyl (C=O) groups is 1. The highest BCUT2D eigenvalue weighted by Crippen LogP contribution is 2.39. The monoisotopic (exact) mass is 293 g/mol. The molecule has 2 fully saturated rings. The smallest absolute Gasteiger partial charge is 0.223 e. The zero-order valence-corrected chi connectivity index (χ0v) is 12.4. The normalized spacial score (nSPS) is 24.0. The van der Waals surface area contributed by atoms with E-state index < -0.39 is 0 Å². The first-order valence-corrected chi connectivity index (χ1v) is 7.87. The molecular formula is C19H19NO2. The summed E-state index contributed by atoms with van der Waals surface area (Å²) in [6.07, 6.45) is 1.75. The molecule has 2 atom stereocenters. The van der Waals surface area contributed by atoms with E-state index in [-0.39, 0.29) is 24.1 Å². The van der Waals surface area contributed by atoms with Crippen LogP contribution in [0.15, 0.2) is 60.7 Å². The van der Waals surface area contributed by atoms with Gasteiger partial charge in [0.15, 0.2) is 0 Å². The van der Waals surface area contributed by atoms with Crippen molar-refractivity contribution < 1.29 is 9.53 Å². The Balaban J connectivity index is 1.78. The Hall–Kier alpha value is -2.13. The van der Waals surface area contributed by atoms with Gasteiger partial charge in [-0.15, -0.1) is 0 Å². The number of amides is 1. The average molecular weight is 293 g/mol. The molecular weight excluding hydrogens is 274 g/mol. The highest BCUT2D eigenvalue weighted by atomic mass is 16.6. The maximum Gasteiger partial charge on any atom is 0.223 e. The maximum atomic E-state index is 12.6. The zero-order valence-electron chi connectivity index (χ0n) is 12.4. The maximum absolute atomic E-state index is 12.6. The highest BCUT2D eigenvalue weighted by Gasteiger charge is 2.46. The Morgan fingerprint density at radius 3 is 2.00 bits per heavy atom. The minimum Gasteiger partial charge on any atom is -0.371 e. The molecule has 0 aromatic heterocycles. The van der Waals surface area contributed by atoms with Gasteiger partial charge in [-0.2, -0.15) is 0 Å². The molecule has 4 rings (SSSR count). The molecule has 2 aliphatic heterocycles. The van der Waals surface area contributed by atoms with Gasteiger partial charge in [0.05, 0.1) is 18.7 Å². The number of rotatable bonds is 4. The Morgan fingerprint density at radius 2 is 1.50 bits per heavy atom. The summed E-state index contributed by atoms with van der Waals surface area (Å²) in [6.45, 7) is 0.782. The van der Waals surface area contributed by atoms with E-state index in [4.69, 9.17) is 4.74 Å². The Bertz CT molecular complexity index is 612. The van der Waals surface area contributed by atoms with E-state index in [9.17, 15) is 4.79 Å². The molecule has 0 bridgehead atoms. The van der Waals surface area contributed by atoms with Crippen LogP contribution in [-0.2, 0) is 9.53 Å². The van der Waals surface area contributed by atoms with Gasteiger partial charge in [0, 0.05) is 6.42 Å². The van der Waals surface area contributed by atoms with Crippen LogP contribution in [-0.4, -0.2) is 29.6 Å². The number of benzene rings is 2. The third kappa shape index (κ3) is 2.42. The van der Waals surface area contributed by atoms with Gasteiger partial charge in [-0.25, -0.2) is 0 Å². The van der Waals surface area contributed by atoms with Crippen molar-refractivity contribution in [3.05, 3.63) is 71.8 Å². The fraction of sp³-hybridized carbons (Fsp3) is 0.316. The first-order valence-electron chi connectivity index (χ1n) is 7.87. The van der Waals surface area contributed by atoms with Gasteiger partial charge in [-0.05, 0) is 17.5 Å². The summed E-state index contributed by atoms with van der Waals surface area (Å²) in [5.74, 6) is 0.234. The highest BCUT2D eigenvalue weighted by molar-refractivity contribution is 5.80. The topological polar surface area (TPSA) is 32.8 Å². The van der Waals surface area contributed by atoms with Crippen LogP contribution in [0.1, 0.15) is 30.0 Å². The Labute approximate surface area is 130 Å². The third-order valence-electron chi connectivity index (χ3n) is 4.60. The largest absolute Gasteiger partial charge is 0.371 e. The van der Waals surface area contributed by atoms with Crippen LogP contribution in [0.5, 0.6) is 0 Å². The van der Waals surface area contributed by atoms with E-state index in [1.165, 1.54) is 0 Å². The summed E-state index contributed by atoms with van der Waals surface area (Å²) in [5, 5.41) is 0. The molecule has 1 amide bonds. The number of nitrogens with zero attached hydrogens (tertiary/aromatic N) is 1. The molecule has 0 aliphatic carbocycles. The number of ether oxygens (including phenoxy) is 1. The van der Waals surface area contributed by atoms with Gasteiger partial charge in [-0.1, -0.05) is 60.7 Å². The van der Waals surface area contributed by atoms with E-state index in [1.54, 1.807) is 0 Å². The van der Waals surface area contributed by atoms with Crippen molar-refractivity contribution in [3.8, 4) is 0 Å². The molecule has 3 nitrogen and oxygen atoms in total. The summed E-state index contributed by atoms with van der Waals surface area (Å²) in [4.78, 5) is 14.6. The first-order chi connectivity index (χ1) is 10.8. The molecule has 1 unspecified atom stereocenters. The van der Waals surface area contributed by atoms with Crippen molar-refractivity contribution in [2.75, 3.05) is 6.61 Å². The van der Waals surface area contributed by atoms with Crippen LogP contribution in [0.2, 0.25) is 0 Å². The lowest BCUT2D eigenvalue weighted by molar-refractivity contribution is -0.130. The Kier molecular flexibility index (Phi) is 3.43. The Morgan fingerprint density at radius 1 is 0.955 bits per heavy atom. The van der Waals surface area contributed by atoms with Crippen LogP contribution in [0.3, 0.4) is 0 Å². The van der Waals surface area contributed by atoms with Crippen molar-refractivity contribution in [2.24, 2.45) is 0 Å². The first kappa shape index (κ1) is 13.5. The molecule has 2 aromatic carbocycles. The molecule has 22 heavy (non-hydrogen) atoms. The molecule has 0 radical (unpaired) electrons. The fourth-order valence-electron chi connectivity index (χ4n) is 3.49. The second kappa shape index (κ2) is 5.58. The molecule has 0 N–H and O–H groups in total. The van der Waals surface area contributed by atoms with Crippen LogP contribution in [0.4, 0.5) is 0 Å². The number of epoxide rings is 1. The predicted molar refractivity (Wildman–Crippen MR) is 84.3 cm³/mol. The van der Waals surface area contributed by atoms with Crippen LogP contribution < -0.4 is 0 Å². The van der Waals surface area contributed by atoms with Crippen molar-refractivity contribution in [1.82, 2.24) is 4.90 Å².